The predicted octanol–water partition coefficient (Wildman–Crippen LogP) is 7.63. The molecular weight excluding hydrogens is 540 g/mol. The van der Waals surface area contributed by atoms with Gasteiger partial charge in [0.05, 0.1) is 11.7 Å². The normalized spacial score (nSPS) is 41.5. The quantitative estimate of drug-likeness (QED) is 0.166. The topological polar surface area (TPSA) is 71.1 Å². The molecule has 7 unspecified atom stereocenters. The van der Waals surface area contributed by atoms with Crippen LogP contribution < -0.4 is 0 Å². The molecule has 4 aliphatic carbocycles. The Morgan fingerprint density at radius 1 is 1.07 bits per heavy atom. The van der Waals surface area contributed by atoms with Gasteiger partial charge in [-0.3, -0.25) is 4.79 Å². The van der Waals surface area contributed by atoms with Crippen molar-refractivity contribution in [3.05, 3.63) is 35.9 Å². The number of hydrogen-bond donors (Lipinski definition) is 0. The Hall–Kier alpha value is -1.76. The molecule has 1 aromatic carbocycles. The lowest BCUT2D eigenvalue weighted by atomic mass is 9.43. The second-order valence-electron chi connectivity index (χ2n) is 15.1. The molecule has 43 heavy (non-hydrogen) atoms. The summed E-state index contributed by atoms with van der Waals surface area (Å²) in [4.78, 5) is 26.5. The maximum Gasteiger partial charge on any atom is 0.338 e. The predicted molar refractivity (Wildman–Crippen MR) is 165 cm³/mol. The minimum absolute atomic E-state index is 0.0484. The van der Waals surface area contributed by atoms with Crippen molar-refractivity contribution in [3.8, 4) is 0 Å². The van der Waals surface area contributed by atoms with E-state index in [1.807, 2.05) is 30.3 Å². The molecule has 6 rings (SSSR count). The third kappa shape index (κ3) is 5.86. The Labute approximate surface area is 258 Å². The summed E-state index contributed by atoms with van der Waals surface area (Å²) in [6.45, 7) is 8.86. The van der Waals surface area contributed by atoms with Gasteiger partial charge in [0.15, 0.2) is 6.29 Å². The van der Waals surface area contributed by atoms with Crippen molar-refractivity contribution in [1.82, 2.24) is 0 Å². The summed E-state index contributed by atoms with van der Waals surface area (Å²) < 4.78 is 25.2. The largest absolute Gasteiger partial charge is 0.458 e. The van der Waals surface area contributed by atoms with Crippen molar-refractivity contribution in [2.45, 2.75) is 116 Å². The van der Waals surface area contributed by atoms with Gasteiger partial charge in [-0.1, -0.05) is 39.0 Å². The molecule has 6 nitrogen and oxygen atoms in total. The van der Waals surface area contributed by atoms with E-state index in [2.05, 4.69) is 20.8 Å². The van der Waals surface area contributed by atoms with Crippen molar-refractivity contribution in [3.63, 3.8) is 0 Å². The third-order valence-electron chi connectivity index (χ3n) is 13.0. The number of fused-ring (bicyclic) bond motifs is 5. The van der Waals surface area contributed by atoms with Crippen LogP contribution in [-0.4, -0.2) is 50.6 Å². The van der Waals surface area contributed by atoms with Crippen LogP contribution in [0.25, 0.3) is 0 Å². The highest BCUT2D eigenvalue weighted by molar-refractivity contribution is 5.89. The van der Waals surface area contributed by atoms with Crippen LogP contribution in [0.1, 0.15) is 108 Å². The fraction of sp³-hybridized carbons (Fsp3) is 0.784. The van der Waals surface area contributed by atoms with E-state index in [0.29, 0.717) is 59.7 Å². The molecule has 1 aliphatic heterocycles. The zero-order chi connectivity index (χ0) is 30.2. The first-order valence-corrected chi connectivity index (χ1v) is 17.3. The van der Waals surface area contributed by atoms with E-state index in [4.69, 9.17) is 18.9 Å². The summed E-state index contributed by atoms with van der Waals surface area (Å²) >= 11 is 0. The maximum atomic E-state index is 13.7. The molecule has 238 valence electrons. The van der Waals surface area contributed by atoms with Gasteiger partial charge >= 0.3 is 5.97 Å². The zero-order valence-corrected chi connectivity index (χ0v) is 26.9. The number of esters is 1. The number of ketones is 1. The zero-order valence-electron chi connectivity index (χ0n) is 26.9. The van der Waals surface area contributed by atoms with Gasteiger partial charge in [-0.25, -0.2) is 4.79 Å². The van der Waals surface area contributed by atoms with E-state index in [-0.39, 0.29) is 35.3 Å². The number of carbonyl (C=O) groups excluding carboxylic acids is 2. The van der Waals surface area contributed by atoms with Crippen LogP contribution in [0.2, 0.25) is 0 Å². The number of hydrogen-bond acceptors (Lipinski definition) is 6. The van der Waals surface area contributed by atoms with Crippen LogP contribution in [0.5, 0.6) is 0 Å². The van der Waals surface area contributed by atoms with Gasteiger partial charge < -0.3 is 18.9 Å². The van der Waals surface area contributed by atoms with Crippen LogP contribution in [0, 0.1) is 46.3 Å². The van der Waals surface area contributed by atoms with Crippen molar-refractivity contribution in [1.29, 1.82) is 0 Å². The molecule has 1 heterocycles. The fourth-order valence-corrected chi connectivity index (χ4v) is 10.7. The lowest BCUT2D eigenvalue weighted by molar-refractivity contribution is -0.258. The molecule has 0 bridgehead atoms. The highest BCUT2D eigenvalue weighted by atomic mass is 16.7. The summed E-state index contributed by atoms with van der Waals surface area (Å²) in [7, 11) is 1.78. The van der Waals surface area contributed by atoms with Crippen molar-refractivity contribution in [2.24, 2.45) is 46.3 Å². The van der Waals surface area contributed by atoms with E-state index in [1.165, 1.54) is 0 Å². The van der Waals surface area contributed by atoms with Gasteiger partial charge in [-0.15, -0.1) is 0 Å². The molecule has 5 aliphatic rings. The Kier molecular flexibility index (Phi) is 9.39. The molecule has 0 spiro atoms. The minimum atomic E-state index is -0.207. The minimum Gasteiger partial charge on any atom is -0.458 e. The van der Waals surface area contributed by atoms with Crippen LogP contribution in [0.4, 0.5) is 0 Å². The van der Waals surface area contributed by atoms with E-state index < -0.39 is 0 Å². The Balaban J connectivity index is 1.37. The van der Waals surface area contributed by atoms with E-state index in [0.717, 1.165) is 77.4 Å². The Morgan fingerprint density at radius 2 is 1.88 bits per heavy atom. The second-order valence-corrected chi connectivity index (χ2v) is 15.1. The summed E-state index contributed by atoms with van der Waals surface area (Å²) in [5, 5.41) is 0. The third-order valence-corrected chi connectivity index (χ3v) is 13.0. The molecule has 5 fully saturated rings. The van der Waals surface area contributed by atoms with Crippen LogP contribution in [-0.2, 0) is 23.7 Å². The number of carbonyl (C=O) groups is 2. The summed E-state index contributed by atoms with van der Waals surface area (Å²) in [5.41, 5.74) is 0.534. The number of ether oxygens (including phenoxy) is 4. The Bertz CT molecular complexity index is 1120. The highest BCUT2D eigenvalue weighted by Crippen LogP contribution is 2.69. The molecule has 6 heteroatoms. The van der Waals surface area contributed by atoms with Gasteiger partial charge in [0.25, 0.3) is 0 Å². The molecule has 0 N–H and O–H groups in total. The molecule has 4 saturated carbocycles. The molecular formula is C37H54O6. The smallest absolute Gasteiger partial charge is 0.338 e. The van der Waals surface area contributed by atoms with E-state index in [1.54, 1.807) is 7.11 Å². The average Bonchev–Trinajstić information content (AvgIpc) is 3.37. The summed E-state index contributed by atoms with van der Waals surface area (Å²) in [6.07, 6.45) is 11.5. The molecule has 0 amide bonds. The number of Topliss-reactive ketones (excluding diaryl/α,β-unsaturated/α-hetero) is 1. The van der Waals surface area contributed by atoms with Crippen LogP contribution in [0.15, 0.2) is 30.3 Å². The monoisotopic (exact) mass is 594 g/mol. The summed E-state index contributed by atoms with van der Waals surface area (Å²) in [6, 6.07) is 9.50. The lowest BCUT2D eigenvalue weighted by Gasteiger charge is -2.64. The highest BCUT2D eigenvalue weighted by Gasteiger charge is 2.67. The van der Waals surface area contributed by atoms with Crippen LogP contribution in [0.3, 0.4) is 0 Å². The van der Waals surface area contributed by atoms with E-state index >= 15 is 0 Å². The van der Waals surface area contributed by atoms with Gasteiger partial charge in [-0.05, 0) is 117 Å². The van der Waals surface area contributed by atoms with Crippen molar-refractivity contribution >= 4 is 11.8 Å². The van der Waals surface area contributed by atoms with Crippen molar-refractivity contribution < 1.29 is 28.5 Å². The van der Waals surface area contributed by atoms with Gasteiger partial charge in [0, 0.05) is 38.6 Å². The first-order valence-electron chi connectivity index (χ1n) is 17.3. The first-order chi connectivity index (χ1) is 20.8. The van der Waals surface area contributed by atoms with Crippen LogP contribution >= 0.6 is 0 Å². The molecule has 1 saturated heterocycles. The second kappa shape index (κ2) is 12.9. The van der Waals surface area contributed by atoms with E-state index in [9.17, 15) is 9.59 Å². The van der Waals surface area contributed by atoms with Gasteiger partial charge in [-0.2, -0.15) is 0 Å². The average molecular weight is 595 g/mol. The molecule has 11 atom stereocenters. The lowest BCUT2D eigenvalue weighted by Crippen LogP contribution is -2.63. The van der Waals surface area contributed by atoms with Gasteiger partial charge in [0.2, 0.25) is 0 Å². The summed E-state index contributed by atoms with van der Waals surface area (Å²) in [5.74, 6) is 2.61. The number of methoxy groups -OCH3 is 1. The molecule has 0 aromatic heterocycles. The number of benzene rings is 1. The SMILES string of the molecule is COCCCC(C)C1CCC2C3C(C[C@H](OC(=O)c4ccccc4)[C@]12C)[C@@]1(C)CCC(=O)CC1C[C@H]3OC1CCCCO1. The Morgan fingerprint density at radius 3 is 2.63 bits per heavy atom. The molecule has 0 radical (unpaired) electrons. The standard InChI is InChI=1S/C37H54O6/c1-24(11-10-19-40-4)28-15-16-29-34-30(23-32(37(28,29)3)43-35(39)25-12-6-5-7-13-25)36(2)18-17-27(38)21-26(36)22-31(34)42-33-14-8-9-20-41-33/h5-7,12-13,24,26,28-34H,8-11,14-23H2,1-4H3/t24?,26?,28?,29?,30?,31-,32+,33?,34?,36+,37-/m1/s1. The molecule has 1 aromatic rings. The van der Waals surface area contributed by atoms with Gasteiger partial charge in [0.1, 0.15) is 11.9 Å². The number of rotatable bonds is 9. The first kappa shape index (κ1) is 31.2. The maximum absolute atomic E-state index is 13.7. The van der Waals surface area contributed by atoms with Crippen molar-refractivity contribution in [2.75, 3.05) is 20.3 Å². The fourth-order valence-electron chi connectivity index (χ4n) is 10.7.